The van der Waals surface area contributed by atoms with Gasteiger partial charge in [-0.3, -0.25) is 4.79 Å². The Hall–Kier alpha value is -2.50. The van der Waals surface area contributed by atoms with Crippen LogP contribution < -0.4 is 14.8 Å². The first-order valence-corrected chi connectivity index (χ1v) is 7.77. The van der Waals surface area contributed by atoms with Gasteiger partial charge in [-0.25, -0.2) is 4.98 Å². The molecule has 0 saturated heterocycles. The first-order valence-electron chi connectivity index (χ1n) is 7.77. The van der Waals surface area contributed by atoms with Gasteiger partial charge in [-0.1, -0.05) is 6.92 Å². The molecule has 0 unspecified atom stereocenters. The van der Waals surface area contributed by atoms with Crippen molar-refractivity contribution in [2.45, 2.75) is 32.4 Å². The van der Waals surface area contributed by atoms with Gasteiger partial charge in [0.2, 0.25) is 0 Å². The van der Waals surface area contributed by atoms with E-state index in [9.17, 15) is 4.79 Å². The average Bonchev–Trinajstić information content (AvgIpc) is 3.10. The van der Waals surface area contributed by atoms with Crippen molar-refractivity contribution >= 4 is 5.91 Å². The summed E-state index contributed by atoms with van der Waals surface area (Å²) in [7, 11) is 1.61. The number of carbonyl (C=O) groups is 1. The highest BCUT2D eigenvalue weighted by atomic mass is 16.5. The summed E-state index contributed by atoms with van der Waals surface area (Å²) < 4.78 is 12.8. The minimum atomic E-state index is -0.489. The Morgan fingerprint density at radius 2 is 2.04 bits per heavy atom. The Balaban J connectivity index is 1.75. The van der Waals surface area contributed by atoms with Crippen molar-refractivity contribution in [2.24, 2.45) is 0 Å². The largest absolute Gasteiger partial charge is 0.497 e. The van der Waals surface area contributed by atoms with Crippen LogP contribution in [-0.2, 0) is 11.3 Å². The number of aromatic nitrogens is 2. The number of aryl methyl sites for hydroxylation is 1. The van der Waals surface area contributed by atoms with E-state index in [-0.39, 0.29) is 5.91 Å². The lowest BCUT2D eigenvalue weighted by Gasteiger charge is -2.17. The fourth-order valence-electron chi connectivity index (χ4n) is 2.15. The first kappa shape index (κ1) is 16.9. The van der Waals surface area contributed by atoms with E-state index in [0.717, 1.165) is 18.7 Å². The molecule has 6 heteroatoms. The Bertz CT molecular complexity index is 582. The summed E-state index contributed by atoms with van der Waals surface area (Å²) in [4.78, 5) is 16.2. The number of benzene rings is 1. The van der Waals surface area contributed by atoms with Crippen molar-refractivity contribution in [1.82, 2.24) is 14.9 Å². The molecule has 1 N–H and O–H groups in total. The lowest BCUT2D eigenvalue weighted by atomic mass is 10.2. The molecular formula is C17H23N3O3. The van der Waals surface area contributed by atoms with Crippen LogP contribution in [0.15, 0.2) is 43.0 Å². The zero-order valence-corrected chi connectivity index (χ0v) is 13.6. The van der Waals surface area contributed by atoms with Crippen LogP contribution in [0, 0.1) is 0 Å². The molecule has 0 radical (unpaired) electrons. The monoisotopic (exact) mass is 317 g/mol. The number of rotatable bonds is 9. The highest BCUT2D eigenvalue weighted by Crippen LogP contribution is 2.18. The van der Waals surface area contributed by atoms with Gasteiger partial charge in [-0.05, 0) is 37.1 Å². The van der Waals surface area contributed by atoms with Gasteiger partial charge < -0.3 is 19.4 Å². The van der Waals surface area contributed by atoms with Gasteiger partial charge in [0.15, 0.2) is 6.10 Å². The summed E-state index contributed by atoms with van der Waals surface area (Å²) in [6, 6.07) is 7.22. The van der Waals surface area contributed by atoms with Crippen LogP contribution in [0.25, 0.3) is 0 Å². The molecular weight excluding hydrogens is 294 g/mol. The molecule has 2 aromatic rings. The van der Waals surface area contributed by atoms with Crippen molar-refractivity contribution in [3.8, 4) is 11.5 Å². The molecule has 0 fully saturated rings. The van der Waals surface area contributed by atoms with E-state index >= 15 is 0 Å². The predicted octanol–water partition coefficient (Wildman–Crippen LogP) is 2.26. The molecule has 23 heavy (non-hydrogen) atoms. The maximum atomic E-state index is 12.2. The van der Waals surface area contributed by atoms with E-state index in [1.165, 1.54) is 0 Å². The van der Waals surface area contributed by atoms with Crippen molar-refractivity contribution in [3.63, 3.8) is 0 Å². The number of carbonyl (C=O) groups excluding carboxylic acids is 1. The minimum absolute atomic E-state index is 0.0889. The Labute approximate surface area is 136 Å². The summed E-state index contributed by atoms with van der Waals surface area (Å²) in [5, 5.41) is 2.92. The van der Waals surface area contributed by atoms with Crippen LogP contribution in [0.4, 0.5) is 0 Å². The fraction of sp³-hybridized carbons (Fsp3) is 0.412. The molecule has 1 amide bonds. The van der Waals surface area contributed by atoms with E-state index in [2.05, 4.69) is 10.3 Å². The lowest BCUT2D eigenvalue weighted by molar-refractivity contribution is -0.128. The van der Waals surface area contributed by atoms with Crippen LogP contribution in [0.5, 0.6) is 11.5 Å². The molecule has 0 bridgehead atoms. The van der Waals surface area contributed by atoms with E-state index in [1.54, 1.807) is 31.8 Å². The zero-order valence-electron chi connectivity index (χ0n) is 13.6. The molecule has 124 valence electrons. The van der Waals surface area contributed by atoms with Crippen molar-refractivity contribution in [1.29, 1.82) is 0 Å². The molecule has 1 atom stereocenters. The number of hydrogen-bond acceptors (Lipinski definition) is 4. The maximum absolute atomic E-state index is 12.2. The van der Waals surface area contributed by atoms with E-state index in [1.807, 2.05) is 29.8 Å². The quantitative estimate of drug-likeness (QED) is 0.721. The Morgan fingerprint density at radius 3 is 2.65 bits per heavy atom. The van der Waals surface area contributed by atoms with Crippen molar-refractivity contribution in [3.05, 3.63) is 43.0 Å². The van der Waals surface area contributed by atoms with Gasteiger partial charge in [-0.15, -0.1) is 0 Å². The van der Waals surface area contributed by atoms with Crippen LogP contribution >= 0.6 is 0 Å². The number of ether oxygens (including phenoxy) is 2. The average molecular weight is 317 g/mol. The predicted molar refractivity (Wildman–Crippen MR) is 87.6 cm³/mol. The number of methoxy groups -OCH3 is 1. The third-order valence-electron chi connectivity index (χ3n) is 3.45. The van der Waals surface area contributed by atoms with Crippen molar-refractivity contribution in [2.75, 3.05) is 13.7 Å². The van der Waals surface area contributed by atoms with Crippen LogP contribution in [0.3, 0.4) is 0 Å². The molecule has 0 saturated carbocycles. The minimum Gasteiger partial charge on any atom is -0.497 e. The second kappa shape index (κ2) is 8.82. The van der Waals surface area contributed by atoms with Gasteiger partial charge in [-0.2, -0.15) is 0 Å². The highest BCUT2D eigenvalue weighted by molar-refractivity contribution is 5.81. The first-order chi connectivity index (χ1) is 11.2. The third kappa shape index (κ3) is 5.32. The smallest absolute Gasteiger partial charge is 0.261 e. The fourth-order valence-corrected chi connectivity index (χ4v) is 2.15. The maximum Gasteiger partial charge on any atom is 0.261 e. The number of hydrogen-bond donors (Lipinski definition) is 1. The molecule has 0 aliphatic heterocycles. The molecule has 1 heterocycles. The summed E-state index contributed by atoms with van der Waals surface area (Å²) in [5.41, 5.74) is 0. The number of imidazole rings is 1. The van der Waals surface area contributed by atoms with Gasteiger partial charge in [0.05, 0.1) is 13.4 Å². The molecule has 0 aliphatic carbocycles. The summed E-state index contributed by atoms with van der Waals surface area (Å²) >= 11 is 0. The van der Waals surface area contributed by atoms with Crippen LogP contribution in [0.2, 0.25) is 0 Å². The lowest BCUT2D eigenvalue weighted by Crippen LogP contribution is -2.38. The second-order valence-electron chi connectivity index (χ2n) is 5.14. The molecule has 2 rings (SSSR count). The topological polar surface area (TPSA) is 65.4 Å². The Morgan fingerprint density at radius 1 is 1.30 bits per heavy atom. The van der Waals surface area contributed by atoms with Gasteiger partial charge >= 0.3 is 0 Å². The van der Waals surface area contributed by atoms with Gasteiger partial charge in [0.1, 0.15) is 11.5 Å². The van der Waals surface area contributed by atoms with Crippen molar-refractivity contribution < 1.29 is 14.3 Å². The van der Waals surface area contributed by atoms with Crippen LogP contribution in [-0.4, -0.2) is 35.2 Å². The number of nitrogens with zero attached hydrogens (tertiary/aromatic N) is 2. The van der Waals surface area contributed by atoms with Gasteiger partial charge in [0, 0.05) is 25.5 Å². The van der Waals surface area contributed by atoms with E-state index in [4.69, 9.17) is 9.47 Å². The third-order valence-corrected chi connectivity index (χ3v) is 3.45. The molecule has 0 spiro atoms. The normalized spacial score (nSPS) is 11.7. The molecule has 1 aromatic carbocycles. The molecule has 0 aliphatic rings. The van der Waals surface area contributed by atoms with E-state index < -0.39 is 6.10 Å². The highest BCUT2D eigenvalue weighted by Gasteiger charge is 2.17. The summed E-state index contributed by atoms with van der Waals surface area (Å²) in [6.45, 7) is 3.37. The van der Waals surface area contributed by atoms with Crippen LogP contribution in [0.1, 0.15) is 19.8 Å². The number of amides is 1. The standard InChI is InChI=1S/C17H23N3O3/c1-3-16(23-15-7-5-14(22-2)6-8-15)17(21)19-9-4-11-20-12-10-18-13-20/h5-8,10,12-13,16H,3-4,9,11H2,1-2H3,(H,19,21)/t16-/m0/s1. The zero-order chi connectivity index (χ0) is 16.5. The molecule has 1 aromatic heterocycles. The Kier molecular flexibility index (Phi) is 6.47. The second-order valence-corrected chi connectivity index (χ2v) is 5.14. The van der Waals surface area contributed by atoms with Gasteiger partial charge in [0.25, 0.3) is 5.91 Å². The van der Waals surface area contributed by atoms with E-state index in [0.29, 0.717) is 18.7 Å². The molecule has 6 nitrogen and oxygen atoms in total. The number of nitrogens with one attached hydrogen (secondary N) is 1. The summed E-state index contributed by atoms with van der Waals surface area (Å²) in [5.74, 6) is 1.33. The summed E-state index contributed by atoms with van der Waals surface area (Å²) in [6.07, 6.45) is 6.39. The SMILES string of the molecule is CC[C@H](Oc1ccc(OC)cc1)C(=O)NCCCn1ccnc1.